The third-order valence-electron chi connectivity index (χ3n) is 7.54. The Bertz CT molecular complexity index is 793. The van der Waals surface area contributed by atoms with Gasteiger partial charge in [0.2, 0.25) is 5.69 Å². The monoisotopic (exact) mass is 378 g/mol. The minimum atomic E-state index is 0.105. The molecule has 0 saturated carbocycles. The molecule has 3 rings (SSSR count). The Labute approximate surface area is 173 Å². The van der Waals surface area contributed by atoms with Gasteiger partial charge in [0.1, 0.15) is 0 Å². The van der Waals surface area contributed by atoms with Crippen LogP contribution in [0, 0.1) is 0 Å². The van der Waals surface area contributed by atoms with Gasteiger partial charge >= 0.3 is 0 Å². The summed E-state index contributed by atoms with van der Waals surface area (Å²) in [4.78, 5) is 0. The lowest BCUT2D eigenvalue weighted by atomic mass is 9.60. The standard InChI is InChI=1S/C27H40N/c1-6-9-10-11-12-15-22-17-18-24-23(21-22)25-16-13-14-20-28(25)27(5,8-3)26(24,4)19-7-2/h13-14,16-18,20-21H,6-12,15,19H2,1-5H3/q+1. The Morgan fingerprint density at radius 3 is 2.36 bits per heavy atom. The van der Waals surface area contributed by atoms with E-state index in [9.17, 15) is 0 Å². The van der Waals surface area contributed by atoms with Crippen LogP contribution in [0.1, 0.15) is 97.1 Å². The van der Waals surface area contributed by atoms with E-state index in [0.29, 0.717) is 0 Å². The summed E-state index contributed by atoms with van der Waals surface area (Å²) in [7, 11) is 0. The summed E-state index contributed by atoms with van der Waals surface area (Å²) in [6, 6.07) is 14.1. The normalized spacial score (nSPS) is 23.3. The molecule has 1 aromatic carbocycles. The smallest absolute Gasteiger partial charge is 0.192 e. The molecule has 0 amide bonds. The fraction of sp³-hybridized carbons (Fsp3) is 0.593. The third kappa shape index (κ3) is 3.53. The number of fused-ring (bicyclic) bond motifs is 3. The van der Waals surface area contributed by atoms with Gasteiger partial charge in [-0.05, 0) is 49.4 Å². The molecule has 2 heterocycles. The van der Waals surface area contributed by atoms with Gasteiger partial charge in [-0.15, -0.1) is 0 Å². The second-order valence-electron chi connectivity index (χ2n) is 9.21. The second-order valence-corrected chi connectivity index (χ2v) is 9.21. The van der Waals surface area contributed by atoms with Crippen LogP contribution in [0.15, 0.2) is 42.6 Å². The topological polar surface area (TPSA) is 3.88 Å². The molecule has 0 N–H and O–H groups in total. The summed E-state index contributed by atoms with van der Waals surface area (Å²) in [6.07, 6.45) is 13.8. The predicted molar refractivity (Wildman–Crippen MR) is 121 cm³/mol. The van der Waals surface area contributed by atoms with E-state index in [1.165, 1.54) is 68.2 Å². The minimum Gasteiger partial charge on any atom is -0.192 e. The van der Waals surface area contributed by atoms with Crippen molar-refractivity contribution in [3.63, 3.8) is 0 Å². The number of rotatable bonds is 9. The van der Waals surface area contributed by atoms with Crippen LogP contribution in [0.3, 0.4) is 0 Å². The molecule has 2 unspecified atom stereocenters. The Hall–Kier alpha value is -1.63. The molecule has 1 aliphatic heterocycles. The molecule has 2 atom stereocenters. The number of hydrogen-bond donors (Lipinski definition) is 0. The second kappa shape index (κ2) is 8.80. The van der Waals surface area contributed by atoms with Gasteiger partial charge in [0.05, 0.1) is 11.0 Å². The summed E-state index contributed by atoms with van der Waals surface area (Å²) >= 11 is 0. The van der Waals surface area contributed by atoms with Crippen molar-refractivity contribution in [2.45, 2.75) is 103 Å². The lowest BCUT2D eigenvalue weighted by Gasteiger charge is -2.46. The Kier molecular flexibility index (Phi) is 6.63. The fourth-order valence-electron chi connectivity index (χ4n) is 5.49. The number of hydrogen-bond acceptors (Lipinski definition) is 0. The average molecular weight is 379 g/mol. The number of benzene rings is 1. The zero-order valence-electron chi connectivity index (χ0n) is 18.9. The molecule has 0 radical (unpaired) electrons. The Balaban J connectivity index is 2.02. The van der Waals surface area contributed by atoms with E-state index in [2.05, 4.69) is 81.8 Å². The summed E-state index contributed by atoms with van der Waals surface area (Å²) in [5.74, 6) is 0. The van der Waals surface area contributed by atoms with Crippen LogP contribution in [0.25, 0.3) is 11.3 Å². The zero-order chi connectivity index (χ0) is 20.2. The summed E-state index contributed by atoms with van der Waals surface area (Å²) in [5.41, 5.74) is 6.18. The van der Waals surface area contributed by atoms with Crippen molar-refractivity contribution in [3.05, 3.63) is 53.7 Å². The Morgan fingerprint density at radius 1 is 0.857 bits per heavy atom. The first-order valence-electron chi connectivity index (χ1n) is 11.7. The van der Waals surface area contributed by atoms with Crippen molar-refractivity contribution in [2.24, 2.45) is 0 Å². The van der Waals surface area contributed by atoms with E-state index in [0.717, 1.165) is 6.42 Å². The molecule has 0 spiro atoms. The van der Waals surface area contributed by atoms with Crippen molar-refractivity contribution in [3.8, 4) is 11.3 Å². The first-order valence-corrected chi connectivity index (χ1v) is 11.7. The maximum Gasteiger partial charge on any atom is 0.213 e. The van der Waals surface area contributed by atoms with Gasteiger partial charge in [0, 0.05) is 25.5 Å². The predicted octanol–water partition coefficient (Wildman–Crippen LogP) is 7.35. The van der Waals surface area contributed by atoms with Crippen LogP contribution < -0.4 is 4.57 Å². The molecule has 1 nitrogen and oxygen atoms in total. The van der Waals surface area contributed by atoms with Gasteiger partial charge < -0.3 is 0 Å². The van der Waals surface area contributed by atoms with E-state index in [1.54, 1.807) is 5.56 Å². The quantitative estimate of drug-likeness (QED) is 0.317. The van der Waals surface area contributed by atoms with Crippen LogP contribution in [-0.4, -0.2) is 0 Å². The minimum absolute atomic E-state index is 0.105. The van der Waals surface area contributed by atoms with E-state index >= 15 is 0 Å². The maximum atomic E-state index is 2.58. The summed E-state index contributed by atoms with van der Waals surface area (Å²) in [5, 5.41) is 0. The molecule has 28 heavy (non-hydrogen) atoms. The molecule has 1 aliphatic rings. The van der Waals surface area contributed by atoms with Gasteiger partial charge in [-0.2, -0.15) is 4.57 Å². The van der Waals surface area contributed by atoms with Gasteiger partial charge in [-0.25, -0.2) is 0 Å². The zero-order valence-corrected chi connectivity index (χ0v) is 18.9. The number of unbranched alkanes of at least 4 members (excludes halogenated alkanes) is 4. The van der Waals surface area contributed by atoms with Crippen LogP contribution in [0.4, 0.5) is 0 Å². The van der Waals surface area contributed by atoms with Gasteiger partial charge in [-0.3, -0.25) is 0 Å². The first-order chi connectivity index (χ1) is 13.5. The number of aromatic nitrogens is 1. The molecule has 1 aromatic heterocycles. The molecular weight excluding hydrogens is 338 g/mol. The van der Waals surface area contributed by atoms with Crippen LogP contribution in [0.5, 0.6) is 0 Å². The van der Waals surface area contributed by atoms with E-state index < -0.39 is 0 Å². The van der Waals surface area contributed by atoms with Crippen LogP contribution in [-0.2, 0) is 17.4 Å². The highest BCUT2D eigenvalue weighted by atomic mass is 15.1. The largest absolute Gasteiger partial charge is 0.213 e. The van der Waals surface area contributed by atoms with Crippen molar-refractivity contribution in [1.82, 2.24) is 0 Å². The van der Waals surface area contributed by atoms with Gasteiger partial charge in [0.15, 0.2) is 11.7 Å². The summed E-state index contributed by atoms with van der Waals surface area (Å²) < 4.78 is 2.58. The molecule has 0 bridgehead atoms. The number of aryl methyl sites for hydroxylation is 1. The number of nitrogens with zero attached hydrogens (tertiary/aromatic N) is 1. The van der Waals surface area contributed by atoms with Crippen LogP contribution >= 0.6 is 0 Å². The highest BCUT2D eigenvalue weighted by Gasteiger charge is 2.56. The molecule has 2 aromatic rings. The highest BCUT2D eigenvalue weighted by molar-refractivity contribution is 5.66. The van der Waals surface area contributed by atoms with Crippen molar-refractivity contribution in [1.29, 1.82) is 0 Å². The molecule has 1 heteroatoms. The molecule has 0 fully saturated rings. The number of pyridine rings is 1. The highest BCUT2D eigenvalue weighted by Crippen LogP contribution is 2.50. The first kappa shape index (κ1) is 21.1. The molecule has 0 saturated heterocycles. The third-order valence-corrected chi connectivity index (χ3v) is 7.54. The van der Waals surface area contributed by atoms with E-state index in [4.69, 9.17) is 0 Å². The van der Waals surface area contributed by atoms with E-state index in [-0.39, 0.29) is 11.0 Å². The van der Waals surface area contributed by atoms with Crippen molar-refractivity contribution < 1.29 is 4.57 Å². The van der Waals surface area contributed by atoms with Crippen molar-refractivity contribution in [2.75, 3.05) is 0 Å². The van der Waals surface area contributed by atoms with Crippen molar-refractivity contribution >= 4 is 0 Å². The SMILES string of the molecule is CCCCCCCc1ccc2c(c1)-c1cccc[n+]1C(C)(CC)C2(C)CCC. The molecular formula is C27H40N+. The fourth-order valence-corrected chi connectivity index (χ4v) is 5.49. The molecule has 0 aliphatic carbocycles. The van der Waals surface area contributed by atoms with Gasteiger partial charge in [0.25, 0.3) is 0 Å². The van der Waals surface area contributed by atoms with Crippen LogP contribution in [0.2, 0.25) is 0 Å². The van der Waals surface area contributed by atoms with Gasteiger partial charge in [-0.1, -0.05) is 65.0 Å². The maximum absolute atomic E-state index is 2.58. The Morgan fingerprint density at radius 2 is 1.64 bits per heavy atom. The summed E-state index contributed by atoms with van der Waals surface area (Å²) in [6.45, 7) is 11.9. The van der Waals surface area contributed by atoms with E-state index in [1.807, 2.05) is 0 Å². The average Bonchev–Trinajstić information content (AvgIpc) is 2.72. The lowest BCUT2D eigenvalue weighted by molar-refractivity contribution is -0.765. The lowest BCUT2D eigenvalue weighted by Crippen LogP contribution is -2.67. The molecule has 152 valence electrons.